The predicted molar refractivity (Wildman–Crippen MR) is 77.2 cm³/mol. The maximum Gasteiger partial charge on any atom is 0.413 e. The van der Waals surface area contributed by atoms with Gasteiger partial charge in [-0.1, -0.05) is 42.5 Å². The lowest BCUT2D eigenvalue weighted by Gasteiger charge is -2.16. The summed E-state index contributed by atoms with van der Waals surface area (Å²) in [5.41, 5.74) is 0.624. The van der Waals surface area contributed by atoms with E-state index in [1.165, 1.54) is 7.11 Å². The van der Waals surface area contributed by atoms with Crippen molar-refractivity contribution < 1.29 is 17.9 Å². The summed E-state index contributed by atoms with van der Waals surface area (Å²) in [6.45, 7) is 1.10. The molecule has 0 aliphatic heterocycles. The minimum atomic E-state index is -4.37. The Labute approximate surface area is 121 Å². The summed E-state index contributed by atoms with van der Waals surface area (Å²) in [7, 11) is 1.52. The maximum absolute atomic E-state index is 13.1. The first kappa shape index (κ1) is 15.2. The van der Waals surface area contributed by atoms with Crippen LogP contribution < -0.4 is 4.74 Å². The highest BCUT2D eigenvalue weighted by molar-refractivity contribution is 5.82. The van der Waals surface area contributed by atoms with Crippen LogP contribution >= 0.6 is 0 Å². The van der Waals surface area contributed by atoms with Crippen LogP contribution in [-0.4, -0.2) is 13.3 Å². The van der Waals surface area contributed by atoms with Crippen LogP contribution in [0.2, 0.25) is 0 Å². The van der Waals surface area contributed by atoms with Crippen molar-refractivity contribution in [2.45, 2.75) is 13.1 Å². The highest BCUT2D eigenvalue weighted by Crippen LogP contribution is 2.36. The molecule has 2 rings (SSSR count). The summed E-state index contributed by atoms with van der Waals surface area (Å²) in [6, 6.07) is 15.2. The number of ether oxygens (including phenoxy) is 1. The normalized spacial score (nSPS) is 12.8. The molecule has 0 unspecified atom stereocenters. The van der Waals surface area contributed by atoms with E-state index in [0.717, 1.165) is 6.92 Å². The fourth-order valence-electron chi connectivity index (χ4n) is 2.10. The Morgan fingerprint density at radius 2 is 1.38 bits per heavy atom. The molecule has 0 amide bonds. The van der Waals surface area contributed by atoms with E-state index in [-0.39, 0.29) is 5.57 Å². The van der Waals surface area contributed by atoms with Gasteiger partial charge in [0.25, 0.3) is 0 Å². The van der Waals surface area contributed by atoms with Gasteiger partial charge in [0.05, 0.1) is 7.11 Å². The third kappa shape index (κ3) is 3.45. The Morgan fingerprint density at radius 1 is 0.857 bits per heavy atom. The van der Waals surface area contributed by atoms with Crippen LogP contribution in [-0.2, 0) is 0 Å². The monoisotopic (exact) mass is 292 g/mol. The minimum absolute atomic E-state index is 0.186. The van der Waals surface area contributed by atoms with Crippen LogP contribution in [0.1, 0.15) is 18.1 Å². The Hall–Kier alpha value is -2.23. The molecule has 0 radical (unpaired) electrons. The number of benzene rings is 2. The number of hydrogen-bond donors (Lipinski definition) is 0. The second-order valence-electron chi connectivity index (χ2n) is 4.59. The van der Waals surface area contributed by atoms with E-state index in [4.69, 9.17) is 4.74 Å². The summed E-state index contributed by atoms with van der Waals surface area (Å²) >= 11 is 0. The van der Waals surface area contributed by atoms with Crippen molar-refractivity contribution in [3.8, 4) is 5.75 Å². The van der Waals surface area contributed by atoms with Gasteiger partial charge in [0, 0.05) is 5.57 Å². The van der Waals surface area contributed by atoms with E-state index in [2.05, 4.69) is 0 Å². The van der Waals surface area contributed by atoms with Gasteiger partial charge in [0.1, 0.15) is 5.75 Å². The third-order valence-corrected chi connectivity index (χ3v) is 3.24. The summed E-state index contributed by atoms with van der Waals surface area (Å²) in [6.07, 6.45) is -4.37. The molecule has 21 heavy (non-hydrogen) atoms. The van der Waals surface area contributed by atoms with Gasteiger partial charge in [0.15, 0.2) is 0 Å². The van der Waals surface area contributed by atoms with Crippen LogP contribution in [0.25, 0.3) is 5.57 Å². The largest absolute Gasteiger partial charge is 0.497 e. The molecule has 0 atom stereocenters. The van der Waals surface area contributed by atoms with E-state index in [9.17, 15) is 13.2 Å². The van der Waals surface area contributed by atoms with Crippen LogP contribution in [0.4, 0.5) is 13.2 Å². The van der Waals surface area contributed by atoms with E-state index in [0.29, 0.717) is 16.9 Å². The molecule has 1 nitrogen and oxygen atoms in total. The second-order valence-corrected chi connectivity index (χ2v) is 4.59. The zero-order valence-corrected chi connectivity index (χ0v) is 11.7. The Bertz CT molecular complexity index is 625. The highest BCUT2D eigenvalue weighted by Gasteiger charge is 2.33. The van der Waals surface area contributed by atoms with Crippen molar-refractivity contribution in [2.75, 3.05) is 7.11 Å². The lowest BCUT2D eigenvalue weighted by molar-refractivity contribution is -0.0906. The highest BCUT2D eigenvalue weighted by atomic mass is 19.4. The number of hydrogen-bond acceptors (Lipinski definition) is 1. The third-order valence-electron chi connectivity index (χ3n) is 3.24. The maximum atomic E-state index is 13.1. The van der Waals surface area contributed by atoms with Gasteiger partial charge in [-0.2, -0.15) is 13.2 Å². The standard InChI is InChI=1S/C17H15F3O/c1-12(17(18,19)20)16(13-6-4-3-5-7-13)14-8-10-15(21-2)11-9-14/h3-11H,1-2H3/b16-12+. The lowest BCUT2D eigenvalue weighted by Crippen LogP contribution is -2.12. The van der Waals surface area contributed by atoms with E-state index in [1.807, 2.05) is 0 Å². The van der Waals surface area contributed by atoms with Crippen LogP contribution in [0.15, 0.2) is 60.2 Å². The molecule has 0 fully saturated rings. The Morgan fingerprint density at radius 3 is 1.86 bits per heavy atom. The smallest absolute Gasteiger partial charge is 0.413 e. The SMILES string of the molecule is COc1ccc(/C(=C(\C)C(F)(F)F)c2ccccc2)cc1. The first-order valence-corrected chi connectivity index (χ1v) is 6.41. The average Bonchev–Trinajstić information content (AvgIpc) is 2.48. The number of methoxy groups -OCH3 is 1. The molecule has 0 aromatic heterocycles. The van der Waals surface area contributed by atoms with Gasteiger partial charge in [-0.05, 0) is 35.8 Å². The van der Waals surface area contributed by atoms with Crippen molar-refractivity contribution in [1.29, 1.82) is 0 Å². The fourth-order valence-corrected chi connectivity index (χ4v) is 2.10. The van der Waals surface area contributed by atoms with E-state index >= 15 is 0 Å². The van der Waals surface area contributed by atoms with Gasteiger partial charge in [0.2, 0.25) is 0 Å². The molecule has 0 aliphatic carbocycles. The lowest BCUT2D eigenvalue weighted by atomic mass is 9.93. The summed E-state index contributed by atoms with van der Waals surface area (Å²) in [5.74, 6) is 0.607. The fraction of sp³-hybridized carbons (Fsp3) is 0.176. The first-order valence-electron chi connectivity index (χ1n) is 6.41. The van der Waals surface area contributed by atoms with E-state index in [1.54, 1.807) is 54.6 Å². The molecule has 0 heterocycles. The van der Waals surface area contributed by atoms with E-state index < -0.39 is 11.7 Å². The van der Waals surface area contributed by atoms with Crippen molar-refractivity contribution in [2.24, 2.45) is 0 Å². The van der Waals surface area contributed by atoms with Gasteiger partial charge in [-0.25, -0.2) is 0 Å². The van der Waals surface area contributed by atoms with Gasteiger partial charge in [-0.3, -0.25) is 0 Å². The summed E-state index contributed by atoms with van der Waals surface area (Å²) < 4.78 is 44.4. The molecule has 0 spiro atoms. The topological polar surface area (TPSA) is 9.23 Å². The average molecular weight is 292 g/mol. The Balaban J connectivity index is 2.61. The number of allylic oxidation sites excluding steroid dienone is 1. The molecular formula is C17H15F3O. The number of alkyl halides is 3. The Kier molecular flexibility index (Phi) is 4.36. The molecule has 0 bridgehead atoms. The van der Waals surface area contributed by atoms with Crippen molar-refractivity contribution >= 4 is 5.57 Å². The van der Waals surface area contributed by atoms with Gasteiger partial charge >= 0.3 is 6.18 Å². The van der Waals surface area contributed by atoms with Crippen LogP contribution in [0, 0.1) is 0 Å². The zero-order chi connectivity index (χ0) is 15.5. The molecular weight excluding hydrogens is 277 g/mol. The van der Waals surface area contributed by atoms with Gasteiger partial charge in [-0.15, -0.1) is 0 Å². The first-order chi connectivity index (χ1) is 9.93. The predicted octanol–water partition coefficient (Wildman–Crippen LogP) is 5.08. The molecule has 0 aliphatic rings. The zero-order valence-electron chi connectivity index (χ0n) is 11.7. The molecule has 0 saturated heterocycles. The quantitative estimate of drug-likeness (QED) is 0.766. The molecule has 2 aromatic carbocycles. The van der Waals surface area contributed by atoms with Crippen LogP contribution in [0.5, 0.6) is 5.75 Å². The van der Waals surface area contributed by atoms with Crippen molar-refractivity contribution in [3.63, 3.8) is 0 Å². The van der Waals surface area contributed by atoms with Crippen molar-refractivity contribution in [3.05, 3.63) is 71.3 Å². The minimum Gasteiger partial charge on any atom is -0.497 e. The van der Waals surface area contributed by atoms with Crippen LogP contribution in [0.3, 0.4) is 0 Å². The molecule has 0 N–H and O–H groups in total. The molecule has 0 saturated carbocycles. The molecule has 110 valence electrons. The molecule has 2 aromatic rings. The summed E-state index contributed by atoms with van der Waals surface area (Å²) in [5, 5.41) is 0. The van der Waals surface area contributed by atoms with Crippen molar-refractivity contribution in [1.82, 2.24) is 0 Å². The second kappa shape index (κ2) is 6.04. The molecule has 4 heteroatoms. The number of rotatable bonds is 3. The number of halogens is 3. The van der Waals surface area contributed by atoms with Gasteiger partial charge < -0.3 is 4.74 Å². The summed E-state index contributed by atoms with van der Waals surface area (Å²) in [4.78, 5) is 0.